The second-order valence-electron chi connectivity index (χ2n) is 6.49. The van der Waals surface area contributed by atoms with Crippen LogP contribution in [0.25, 0.3) is 0 Å². The summed E-state index contributed by atoms with van der Waals surface area (Å²) >= 11 is 0. The molecule has 0 aromatic heterocycles. The minimum Gasteiger partial charge on any atom is -1.00 e. The number of likely N-dealkylation sites (N-methyl/N-ethyl adjacent to an activating group) is 1. The molecule has 0 bridgehead atoms. The van der Waals surface area contributed by atoms with E-state index in [0.29, 0.717) is 6.79 Å². The van der Waals surface area contributed by atoms with Gasteiger partial charge in [-0.1, -0.05) is 32.6 Å². The van der Waals surface area contributed by atoms with Gasteiger partial charge in [-0.05, 0) is 13.3 Å². The lowest BCUT2D eigenvalue weighted by molar-refractivity contribution is -0.864. The van der Waals surface area contributed by atoms with Crippen molar-refractivity contribution in [1.29, 1.82) is 0 Å². The van der Waals surface area contributed by atoms with Gasteiger partial charge in [0.1, 0.15) is 17.9 Å². The number of nitrogens with zero attached hydrogens (tertiary/aromatic N) is 1. The summed E-state index contributed by atoms with van der Waals surface area (Å²) in [5, 5.41) is 0. The van der Waals surface area contributed by atoms with Gasteiger partial charge in [0.05, 0.1) is 21.1 Å². The Kier molecular flexibility index (Phi) is 8.56. The first-order chi connectivity index (χ1) is 8.37. The van der Waals surface area contributed by atoms with E-state index in [0.717, 1.165) is 23.2 Å². The van der Waals surface area contributed by atoms with Crippen LogP contribution in [0.4, 0.5) is 0 Å². The van der Waals surface area contributed by atoms with Crippen LogP contribution < -0.4 is 24.0 Å². The van der Waals surface area contributed by atoms with Gasteiger partial charge in [-0.3, -0.25) is 0 Å². The molecule has 1 atom stereocenters. The highest BCUT2D eigenvalue weighted by molar-refractivity contribution is 5.11. The molecule has 1 rings (SSSR count). The lowest BCUT2D eigenvalue weighted by Gasteiger charge is -2.25. The van der Waals surface area contributed by atoms with Crippen molar-refractivity contribution in [2.24, 2.45) is 0 Å². The Labute approximate surface area is 135 Å². The van der Waals surface area contributed by atoms with Crippen LogP contribution in [0.2, 0.25) is 0 Å². The molecule has 0 aromatic carbocycles. The number of unbranched alkanes of at least 4 members (excludes halogenated alkanes) is 3. The molecule has 1 aliphatic rings. The fraction of sp³-hybridized carbons (Fsp3) is 0.867. The molecule has 0 amide bonds. The Morgan fingerprint density at radius 3 is 2.47 bits per heavy atom. The van der Waals surface area contributed by atoms with Crippen LogP contribution >= 0.6 is 0 Å². The van der Waals surface area contributed by atoms with Gasteiger partial charge < -0.3 is 37.9 Å². The van der Waals surface area contributed by atoms with E-state index in [1.165, 1.54) is 25.7 Å². The third kappa shape index (κ3) is 6.95. The zero-order valence-corrected chi connectivity index (χ0v) is 15.3. The normalized spacial score (nSPS) is 25.2. The van der Waals surface area contributed by atoms with Gasteiger partial charge in [0, 0.05) is 6.08 Å². The van der Waals surface area contributed by atoms with Crippen molar-refractivity contribution in [1.82, 2.24) is 0 Å². The molecule has 1 heterocycles. The molecular formula is C15H30INO2. The maximum atomic E-state index is 5.80. The fourth-order valence-corrected chi connectivity index (χ4v) is 2.16. The molecule has 1 aliphatic heterocycles. The first-order valence-electron chi connectivity index (χ1n) is 7.15. The predicted octanol–water partition coefficient (Wildman–Crippen LogP) is 0.314. The summed E-state index contributed by atoms with van der Waals surface area (Å²) in [7, 11) is 6.56. The van der Waals surface area contributed by atoms with Gasteiger partial charge in [0.2, 0.25) is 0 Å². The summed E-state index contributed by atoms with van der Waals surface area (Å²) < 4.78 is 12.4. The monoisotopic (exact) mass is 383 g/mol. The van der Waals surface area contributed by atoms with E-state index in [1.807, 2.05) is 0 Å². The number of hydrogen-bond donors (Lipinski definition) is 0. The fourth-order valence-electron chi connectivity index (χ4n) is 2.16. The summed E-state index contributed by atoms with van der Waals surface area (Å²) in [4.78, 5) is 0. The lowest BCUT2D eigenvalue weighted by Crippen LogP contribution is -3.00. The van der Waals surface area contributed by atoms with Crippen LogP contribution in [0.3, 0.4) is 0 Å². The van der Waals surface area contributed by atoms with E-state index in [4.69, 9.17) is 9.47 Å². The minimum absolute atomic E-state index is 0. The Morgan fingerprint density at radius 2 is 1.89 bits per heavy atom. The zero-order chi connectivity index (χ0) is 13.6. The molecule has 1 fully saturated rings. The van der Waals surface area contributed by atoms with E-state index < -0.39 is 0 Å². The molecule has 3 nitrogen and oxygen atoms in total. The Balaban J connectivity index is 0.00000324. The molecule has 0 spiro atoms. The van der Waals surface area contributed by atoms with Gasteiger partial charge in [-0.15, -0.1) is 0 Å². The van der Waals surface area contributed by atoms with Crippen molar-refractivity contribution < 1.29 is 37.9 Å². The van der Waals surface area contributed by atoms with E-state index >= 15 is 0 Å². The summed E-state index contributed by atoms with van der Waals surface area (Å²) in [5.41, 5.74) is -0.192. The smallest absolute Gasteiger partial charge is 0.189 e. The highest BCUT2D eigenvalue weighted by atomic mass is 127. The van der Waals surface area contributed by atoms with Crippen LogP contribution in [0, 0.1) is 0 Å². The van der Waals surface area contributed by atoms with Crippen LogP contribution in [-0.2, 0) is 9.47 Å². The van der Waals surface area contributed by atoms with Gasteiger partial charge in [0.15, 0.2) is 6.79 Å². The SMILES string of the molecule is CCCCCCC1(C)OCO/C1=C\C[N+](C)(C)C.[I-]. The first-order valence-corrected chi connectivity index (χ1v) is 7.15. The molecule has 0 saturated carbocycles. The van der Waals surface area contributed by atoms with Gasteiger partial charge in [0.25, 0.3) is 0 Å². The number of ether oxygens (including phenoxy) is 2. The van der Waals surface area contributed by atoms with Crippen LogP contribution in [0.5, 0.6) is 0 Å². The number of quaternary nitrogens is 1. The number of halogens is 1. The maximum Gasteiger partial charge on any atom is 0.189 e. The van der Waals surface area contributed by atoms with E-state index in [1.54, 1.807) is 0 Å². The number of rotatable bonds is 7. The molecule has 0 aromatic rings. The average Bonchev–Trinajstić information content (AvgIpc) is 2.63. The summed E-state index contributed by atoms with van der Waals surface area (Å²) in [5.74, 6) is 1.03. The Hall–Kier alpha value is 0.190. The van der Waals surface area contributed by atoms with E-state index in [9.17, 15) is 0 Å². The molecule has 0 radical (unpaired) electrons. The highest BCUT2D eigenvalue weighted by Gasteiger charge is 2.36. The van der Waals surface area contributed by atoms with Crippen LogP contribution in [0.1, 0.15) is 46.0 Å². The quantitative estimate of drug-likeness (QED) is 0.358. The van der Waals surface area contributed by atoms with Gasteiger partial charge in [-0.2, -0.15) is 0 Å². The molecule has 0 N–H and O–H groups in total. The molecule has 19 heavy (non-hydrogen) atoms. The molecule has 114 valence electrons. The van der Waals surface area contributed by atoms with Crippen molar-refractivity contribution in [2.75, 3.05) is 34.5 Å². The lowest BCUT2D eigenvalue weighted by atomic mass is 9.95. The maximum absolute atomic E-state index is 5.80. The standard InChI is InChI=1S/C15H30NO2.HI/c1-6-7-8-9-11-15(2)14(17-13-18-15)10-12-16(3,4)5;/h10H,6-9,11-13H2,1-5H3;1H/q+1;/p-1/b14-10-;. The van der Waals surface area contributed by atoms with Crippen LogP contribution in [-0.4, -0.2) is 44.6 Å². The predicted molar refractivity (Wildman–Crippen MR) is 75.2 cm³/mol. The largest absolute Gasteiger partial charge is 1.00 e. The molecule has 1 saturated heterocycles. The Bertz CT molecular complexity index is 286. The third-order valence-corrected chi connectivity index (χ3v) is 3.44. The zero-order valence-electron chi connectivity index (χ0n) is 13.2. The van der Waals surface area contributed by atoms with Crippen molar-refractivity contribution in [3.63, 3.8) is 0 Å². The highest BCUT2D eigenvalue weighted by Crippen LogP contribution is 2.34. The molecule has 4 heteroatoms. The van der Waals surface area contributed by atoms with Gasteiger partial charge in [-0.25, -0.2) is 0 Å². The molecular weight excluding hydrogens is 353 g/mol. The van der Waals surface area contributed by atoms with E-state index in [-0.39, 0.29) is 29.6 Å². The molecule has 0 aliphatic carbocycles. The summed E-state index contributed by atoms with van der Waals surface area (Å²) in [6, 6.07) is 0. The van der Waals surface area contributed by atoms with Crippen molar-refractivity contribution in [2.45, 2.75) is 51.6 Å². The van der Waals surface area contributed by atoms with Crippen molar-refractivity contribution in [3.8, 4) is 0 Å². The van der Waals surface area contributed by atoms with Gasteiger partial charge >= 0.3 is 0 Å². The second-order valence-corrected chi connectivity index (χ2v) is 6.49. The van der Waals surface area contributed by atoms with Crippen LogP contribution in [0.15, 0.2) is 11.8 Å². The van der Waals surface area contributed by atoms with E-state index in [2.05, 4.69) is 41.1 Å². The molecule has 1 unspecified atom stereocenters. The third-order valence-electron chi connectivity index (χ3n) is 3.44. The summed E-state index contributed by atoms with van der Waals surface area (Å²) in [6.45, 7) is 5.79. The second kappa shape index (κ2) is 8.47. The Morgan fingerprint density at radius 1 is 1.21 bits per heavy atom. The summed E-state index contributed by atoms with van der Waals surface area (Å²) in [6.07, 6.45) is 8.36. The minimum atomic E-state index is -0.192. The average molecular weight is 383 g/mol. The van der Waals surface area contributed by atoms with Crippen molar-refractivity contribution in [3.05, 3.63) is 11.8 Å². The topological polar surface area (TPSA) is 18.5 Å². The first kappa shape index (κ1) is 19.2. The van der Waals surface area contributed by atoms with Crippen molar-refractivity contribution >= 4 is 0 Å². The number of hydrogen-bond acceptors (Lipinski definition) is 2.